The first-order chi connectivity index (χ1) is 5.29. The molecule has 2 rings (SSSR count). The van der Waals surface area contributed by atoms with Crippen LogP contribution in [-0.4, -0.2) is 23.5 Å². The van der Waals surface area contributed by atoms with Crippen LogP contribution in [0.15, 0.2) is 0 Å². The minimum absolute atomic E-state index is 0.781. The Hall–Kier alpha value is -0.0400. The number of hydrogen-bond acceptors (Lipinski definition) is 1. The van der Waals surface area contributed by atoms with Crippen LogP contribution in [0.2, 0.25) is 0 Å². The van der Waals surface area contributed by atoms with E-state index in [0.29, 0.717) is 0 Å². The lowest BCUT2D eigenvalue weighted by atomic mass is 10.1. The number of hydrogen-bond donors (Lipinski definition) is 0. The molecule has 64 valence electrons. The van der Waals surface area contributed by atoms with E-state index < -0.39 is 0 Å². The van der Waals surface area contributed by atoms with E-state index in [1.54, 1.807) is 0 Å². The fourth-order valence-electron chi connectivity index (χ4n) is 2.44. The molecule has 1 aliphatic heterocycles. The summed E-state index contributed by atoms with van der Waals surface area (Å²) in [5, 5.41) is 0. The smallest absolute Gasteiger partial charge is 0.0127 e. The van der Waals surface area contributed by atoms with Gasteiger partial charge in [0, 0.05) is 12.1 Å². The quantitative estimate of drug-likeness (QED) is 0.588. The van der Waals surface area contributed by atoms with Crippen molar-refractivity contribution in [1.82, 2.24) is 4.90 Å². The zero-order valence-corrected chi connectivity index (χ0v) is 7.71. The average Bonchev–Trinajstić information content (AvgIpc) is 2.68. The van der Waals surface area contributed by atoms with Gasteiger partial charge >= 0.3 is 0 Å². The summed E-state index contributed by atoms with van der Waals surface area (Å²) in [5.74, 6) is 1.08. The van der Waals surface area contributed by atoms with Crippen LogP contribution in [0.4, 0.5) is 0 Å². The molecule has 0 aromatic carbocycles. The van der Waals surface area contributed by atoms with Gasteiger partial charge in [-0.25, -0.2) is 0 Å². The minimum Gasteiger partial charge on any atom is -0.298 e. The Morgan fingerprint density at radius 3 is 2.45 bits per heavy atom. The molecule has 1 atom stereocenters. The molecule has 11 heavy (non-hydrogen) atoms. The van der Waals surface area contributed by atoms with E-state index in [0.717, 1.165) is 18.0 Å². The van der Waals surface area contributed by atoms with Crippen LogP contribution in [0, 0.1) is 5.92 Å². The molecule has 1 unspecified atom stereocenters. The summed E-state index contributed by atoms with van der Waals surface area (Å²) in [6, 6.07) is 1.75. The second kappa shape index (κ2) is 2.78. The van der Waals surface area contributed by atoms with Crippen molar-refractivity contribution >= 4 is 0 Å². The molecule has 0 spiro atoms. The van der Waals surface area contributed by atoms with Gasteiger partial charge < -0.3 is 0 Å². The van der Waals surface area contributed by atoms with Gasteiger partial charge in [0.15, 0.2) is 0 Å². The lowest BCUT2D eigenvalue weighted by molar-refractivity contribution is 0.186. The standard InChI is InChI=1S/C10H19N/c1-8(2)11-7-3-4-10(11)9-5-6-9/h8-10H,3-7H2,1-2H3. The Bertz CT molecular complexity index is 130. The Morgan fingerprint density at radius 1 is 1.18 bits per heavy atom. The fourth-order valence-corrected chi connectivity index (χ4v) is 2.44. The molecule has 0 bridgehead atoms. The Morgan fingerprint density at radius 2 is 1.91 bits per heavy atom. The van der Waals surface area contributed by atoms with E-state index in [1.807, 2.05) is 0 Å². The van der Waals surface area contributed by atoms with Gasteiger partial charge in [0.1, 0.15) is 0 Å². The van der Waals surface area contributed by atoms with E-state index in [9.17, 15) is 0 Å². The van der Waals surface area contributed by atoms with Crippen molar-refractivity contribution in [3.05, 3.63) is 0 Å². The van der Waals surface area contributed by atoms with Crippen LogP contribution < -0.4 is 0 Å². The van der Waals surface area contributed by atoms with Gasteiger partial charge in [-0.05, 0) is 52.0 Å². The van der Waals surface area contributed by atoms with E-state index in [-0.39, 0.29) is 0 Å². The lowest BCUT2D eigenvalue weighted by Gasteiger charge is -2.28. The van der Waals surface area contributed by atoms with Crippen molar-refractivity contribution in [2.45, 2.75) is 51.6 Å². The van der Waals surface area contributed by atoms with E-state index in [2.05, 4.69) is 18.7 Å². The van der Waals surface area contributed by atoms with Gasteiger partial charge in [-0.15, -0.1) is 0 Å². The first kappa shape index (κ1) is 7.60. The van der Waals surface area contributed by atoms with E-state index >= 15 is 0 Å². The molecule has 0 aromatic rings. The molecule has 2 aliphatic rings. The predicted octanol–water partition coefficient (Wildman–Crippen LogP) is 2.27. The number of nitrogens with zero attached hydrogens (tertiary/aromatic N) is 1. The summed E-state index contributed by atoms with van der Waals surface area (Å²) in [6.07, 6.45) is 5.93. The summed E-state index contributed by atoms with van der Waals surface area (Å²) in [4.78, 5) is 2.71. The zero-order chi connectivity index (χ0) is 7.84. The molecule has 0 amide bonds. The molecule has 0 radical (unpaired) electrons. The van der Waals surface area contributed by atoms with Crippen molar-refractivity contribution in [2.75, 3.05) is 6.54 Å². The van der Waals surface area contributed by atoms with E-state index in [4.69, 9.17) is 0 Å². The highest BCUT2D eigenvalue weighted by Gasteiger charge is 2.38. The van der Waals surface area contributed by atoms with Crippen LogP contribution in [0.1, 0.15) is 39.5 Å². The van der Waals surface area contributed by atoms with Gasteiger partial charge in [-0.3, -0.25) is 4.90 Å². The Labute approximate surface area is 69.8 Å². The van der Waals surface area contributed by atoms with Gasteiger partial charge in [0.05, 0.1) is 0 Å². The molecule has 1 nitrogen and oxygen atoms in total. The first-order valence-electron chi connectivity index (χ1n) is 5.05. The minimum atomic E-state index is 0.781. The number of rotatable bonds is 2. The van der Waals surface area contributed by atoms with Crippen LogP contribution in [0.25, 0.3) is 0 Å². The molecule has 1 heterocycles. The molecule has 1 saturated carbocycles. The average molecular weight is 153 g/mol. The first-order valence-corrected chi connectivity index (χ1v) is 5.05. The van der Waals surface area contributed by atoms with Crippen LogP contribution in [0.3, 0.4) is 0 Å². The third-order valence-corrected chi connectivity index (χ3v) is 3.17. The molecular formula is C10H19N. The maximum Gasteiger partial charge on any atom is 0.0127 e. The highest BCUT2D eigenvalue weighted by atomic mass is 15.2. The second-order valence-corrected chi connectivity index (χ2v) is 4.38. The maximum absolute atomic E-state index is 2.71. The fraction of sp³-hybridized carbons (Fsp3) is 1.00. The highest BCUT2D eigenvalue weighted by Crippen LogP contribution is 2.40. The lowest BCUT2D eigenvalue weighted by Crippen LogP contribution is -2.36. The van der Waals surface area contributed by atoms with Crippen molar-refractivity contribution in [2.24, 2.45) is 5.92 Å². The monoisotopic (exact) mass is 153 g/mol. The van der Waals surface area contributed by atoms with Crippen molar-refractivity contribution < 1.29 is 0 Å². The van der Waals surface area contributed by atoms with Crippen LogP contribution in [-0.2, 0) is 0 Å². The summed E-state index contributed by atoms with van der Waals surface area (Å²) >= 11 is 0. The van der Waals surface area contributed by atoms with Crippen LogP contribution in [0.5, 0.6) is 0 Å². The molecule has 1 saturated heterocycles. The van der Waals surface area contributed by atoms with Crippen molar-refractivity contribution in [1.29, 1.82) is 0 Å². The SMILES string of the molecule is CC(C)N1CCCC1C1CC1. The maximum atomic E-state index is 2.71. The van der Waals surface area contributed by atoms with Gasteiger partial charge in [0.2, 0.25) is 0 Å². The third-order valence-electron chi connectivity index (χ3n) is 3.17. The molecule has 2 fully saturated rings. The molecule has 1 heteroatoms. The largest absolute Gasteiger partial charge is 0.298 e. The van der Waals surface area contributed by atoms with Gasteiger partial charge in [0.25, 0.3) is 0 Å². The molecule has 0 N–H and O–H groups in total. The van der Waals surface area contributed by atoms with Gasteiger partial charge in [-0.1, -0.05) is 0 Å². The molecule has 0 aromatic heterocycles. The topological polar surface area (TPSA) is 3.24 Å². The van der Waals surface area contributed by atoms with E-state index in [1.165, 1.54) is 32.2 Å². The Balaban J connectivity index is 1.95. The van der Waals surface area contributed by atoms with Crippen molar-refractivity contribution in [3.8, 4) is 0 Å². The predicted molar refractivity (Wildman–Crippen MR) is 47.6 cm³/mol. The molecular weight excluding hydrogens is 134 g/mol. The van der Waals surface area contributed by atoms with Gasteiger partial charge in [-0.2, -0.15) is 0 Å². The summed E-state index contributed by atoms with van der Waals surface area (Å²) in [5.41, 5.74) is 0. The second-order valence-electron chi connectivity index (χ2n) is 4.38. The highest BCUT2D eigenvalue weighted by molar-refractivity contribution is 4.92. The third kappa shape index (κ3) is 1.44. The van der Waals surface area contributed by atoms with Crippen LogP contribution >= 0.6 is 0 Å². The summed E-state index contributed by atoms with van der Waals surface area (Å²) in [6.45, 7) is 6.03. The summed E-state index contributed by atoms with van der Waals surface area (Å²) < 4.78 is 0. The number of likely N-dealkylation sites (tertiary alicyclic amines) is 1. The summed E-state index contributed by atoms with van der Waals surface area (Å²) in [7, 11) is 0. The molecule has 1 aliphatic carbocycles. The van der Waals surface area contributed by atoms with Crippen molar-refractivity contribution in [3.63, 3.8) is 0 Å². The zero-order valence-electron chi connectivity index (χ0n) is 7.71. The Kier molecular flexibility index (Phi) is 1.92. The normalized spacial score (nSPS) is 33.5.